The molecule has 0 atom stereocenters. The first kappa shape index (κ1) is 15.5. The fourth-order valence-corrected chi connectivity index (χ4v) is 2.53. The molecule has 0 unspecified atom stereocenters. The maximum atomic E-state index is 11.6. The lowest BCUT2D eigenvalue weighted by Gasteiger charge is -2.07. The van der Waals surface area contributed by atoms with Crippen LogP contribution in [0.2, 0.25) is 5.02 Å². The van der Waals surface area contributed by atoms with Crippen LogP contribution in [0.4, 0.5) is 0 Å². The number of ether oxygens (including phenoxy) is 1. The number of hydrogen-bond acceptors (Lipinski definition) is 4. The second kappa shape index (κ2) is 7.81. The highest BCUT2D eigenvalue weighted by molar-refractivity contribution is 7.10. The summed E-state index contributed by atoms with van der Waals surface area (Å²) >= 11 is 7.46. The van der Waals surface area contributed by atoms with E-state index in [0.29, 0.717) is 11.6 Å². The van der Waals surface area contributed by atoms with Gasteiger partial charge in [-0.05, 0) is 23.1 Å². The SMILES string of the molecule is O=C(COC(=O)Cc1cccs1)NCc1ccccc1Cl. The molecule has 1 aromatic heterocycles. The average Bonchev–Trinajstić information content (AvgIpc) is 2.97. The van der Waals surface area contributed by atoms with Crippen LogP contribution in [-0.2, 0) is 27.3 Å². The van der Waals surface area contributed by atoms with Gasteiger partial charge in [0.05, 0.1) is 6.42 Å². The average molecular weight is 324 g/mol. The van der Waals surface area contributed by atoms with Crippen molar-refractivity contribution in [1.29, 1.82) is 0 Å². The molecule has 2 aromatic rings. The zero-order valence-electron chi connectivity index (χ0n) is 11.2. The Morgan fingerprint density at radius 3 is 2.71 bits per heavy atom. The lowest BCUT2D eigenvalue weighted by molar-refractivity contribution is -0.147. The molecule has 0 bridgehead atoms. The van der Waals surface area contributed by atoms with Gasteiger partial charge in [-0.25, -0.2) is 0 Å². The van der Waals surface area contributed by atoms with Crippen molar-refractivity contribution in [3.8, 4) is 0 Å². The second-order valence-corrected chi connectivity index (χ2v) is 5.72. The van der Waals surface area contributed by atoms with E-state index in [-0.39, 0.29) is 18.9 Å². The molecule has 0 aliphatic rings. The summed E-state index contributed by atoms with van der Waals surface area (Å²) < 4.78 is 4.92. The third-order valence-electron chi connectivity index (χ3n) is 2.70. The Bertz CT molecular complexity index is 613. The Morgan fingerprint density at radius 2 is 2.00 bits per heavy atom. The first-order valence-corrected chi connectivity index (χ1v) is 7.59. The summed E-state index contributed by atoms with van der Waals surface area (Å²) in [4.78, 5) is 24.0. The summed E-state index contributed by atoms with van der Waals surface area (Å²) in [7, 11) is 0. The van der Waals surface area contributed by atoms with Gasteiger partial charge in [0.2, 0.25) is 0 Å². The Kier molecular flexibility index (Phi) is 5.78. The molecule has 0 radical (unpaired) electrons. The van der Waals surface area contributed by atoms with Crippen LogP contribution < -0.4 is 5.32 Å². The van der Waals surface area contributed by atoms with Gasteiger partial charge in [-0.15, -0.1) is 11.3 Å². The van der Waals surface area contributed by atoms with Crippen LogP contribution in [0.5, 0.6) is 0 Å². The number of hydrogen-bond donors (Lipinski definition) is 1. The van der Waals surface area contributed by atoms with Crippen molar-refractivity contribution in [2.75, 3.05) is 6.61 Å². The van der Waals surface area contributed by atoms with E-state index in [4.69, 9.17) is 16.3 Å². The normalized spacial score (nSPS) is 10.1. The molecule has 4 nitrogen and oxygen atoms in total. The Balaban J connectivity index is 1.70. The van der Waals surface area contributed by atoms with Crippen LogP contribution in [0, 0.1) is 0 Å². The highest BCUT2D eigenvalue weighted by Gasteiger charge is 2.09. The maximum Gasteiger partial charge on any atom is 0.311 e. The number of nitrogens with one attached hydrogen (secondary N) is 1. The molecule has 0 aliphatic heterocycles. The fraction of sp³-hybridized carbons (Fsp3) is 0.200. The molecule has 0 saturated heterocycles. The highest BCUT2D eigenvalue weighted by Crippen LogP contribution is 2.14. The lowest BCUT2D eigenvalue weighted by Crippen LogP contribution is -2.28. The third-order valence-corrected chi connectivity index (χ3v) is 3.94. The van der Waals surface area contributed by atoms with Crippen molar-refractivity contribution in [2.24, 2.45) is 0 Å². The minimum atomic E-state index is -0.412. The van der Waals surface area contributed by atoms with Gasteiger partial charge in [-0.2, -0.15) is 0 Å². The Morgan fingerprint density at radius 1 is 1.19 bits per heavy atom. The van der Waals surface area contributed by atoms with Gasteiger partial charge >= 0.3 is 5.97 Å². The molecule has 1 N–H and O–H groups in total. The van der Waals surface area contributed by atoms with Gasteiger partial charge < -0.3 is 10.1 Å². The molecule has 1 amide bonds. The standard InChI is InChI=1S/C15H14ClNO3S/c16-13-6-2-1-4-11(13)9-17-14(18)10-20-15(19)8-12-5-3-7-21-12/h1-7H,8-10H2,(H,17,18). The van der Waals surface area contributed by atoms with Gasteiger partial charge in [0.25, 0.3) is 5.91 Å². The molecule has 1 aromatic carbocycles. The monoisotopic (exact) mass is 323 g/mol. The number of halogens is 1. The van der Waals surface area contributed by atoms with Crippen LogP contribution in [0.3, 0.4) is 0 Å². The smallest absolute Gasteiger partial charge is 0.311 e. The van der Waals surface area contributed by atoms with E-state index in [9.17, 15) is 9.59 Å². The summed E-state index contributed by atoms with van der Waals surface area (Å²) in [5.74, 6) is -0.764. The van der Waals surface area contributed by atoms with Gasteiger partial charge in [0.1, 0.15) is 0 Å². The van der Waals surface area contributed by atoms with Gasteiger partial charge in [-0.1, -0.05) is 35.9 Å². The van der Waals surface area contributed by atoms with E-state index in [1.54, 1.807) is 6.07 Å². The van der Waals surface area contributed by atoms with Crippen molar-refractivity contribution < 1.29 is 14.3 Å². The van der Waals surface area contributed by atoms with Crippen molar-refractivity contribution in [3.63, 3.8) is 0 Å². The molecule has 6 heteroatoms. The van der Waals surface area contributed by atoms with E-state index in [0.717, 1.165) is 10.4 Å². The Hall–Kier alpha value is -1.85. The Labute approximate surface area is 131 Å². The third kappa shape index (κ3) is 5.21. The molecule has 0 spiro atoms. The zero-order valence-corrected chi connectivity index (χ0v) is 12.7. The van der Waals surface area contributed by atoms with E-state index in [1.165, 1.54) is 11.3 Å². The number of amides is 1. The summed E-state index contributed by atoms with van der Waals surface area (Å²) in [6, 6.07) is 11.0. The number of rotatable bonds is 6. The highest BCUT2D eigenvalue weighted by atomic mass is 35.5. The molecule has 2 rings (SSSR count). The summed E-state index contributed by atoms with van der Waals surface area (Å²) in [5, 5.41) is 5.13. The van der Waals surface area contributed by atoms with Crippen LogP contribution >= 0.6 is 22.9 Å². The van der Waals surface area contributed by atoms with E-state index < -0.39 is 5.97 Å². The first-order chi connectivity index (χ1) is 10.1. The number of thiophene rings is 1. The molecule has 0 saturated carbocycles. The van der Waals surface area contributed by atoms with Crippen LogP contribution in [0.25, 0.3) is 0 Å². The van der Waals surface area contributed by atoms with Crippen molar-refractivity contribution in [1.82, 2.24) is 5.32 Å². The summed E-state index contributed by atoms with van der Waals surface area (Å²) in [5.41, 5.74) is 0.817. The zero-order chi connectivity index (χ0) is 15.1. The maximum absolute atomic E-state index is 11.6. The van der Waals surface area contributed by atoms with Gasteiger partial charge in [0, 0.05) is 16.4 Å². The first-order valence-electron chi connectivity index (χ1n) is 6.33. The fourth-order valence-electron chi connectivity index (χ4n) is 1.64. The number of carbonyl (C=O) groups is 2. The molecule has 1 heterocycles. The van der Waals surface area contributed by atoms with Crippen molar-refractivity contribution in [3.05, 3.63) is 57.2 Å². The molecule has 0 aliphatic carbocycles. The predicted molar refractivity (Wildman–Crippen MR) is 82.3 cm³/mol. The number of esters is 1. The number of carbonyl (C=O) groups excluding carboxylic acids is 2. The topological polar surface area (TPSA) is 55.4 Å². The van der Waals surface area contributed by atoms with E-state index in [2.05, 4.69) is 5.32 Å². The van der Waals surface area contributed by atoms with Crippen LogP contribution in [0.1, 0.15) is 10.4 Å². The second-order valence-electron chi connectivity index (χ2n) is 4.28. The largest absolute Gasteiger partial charge is 0.455 e. The van der Waals surface area contributed by atoms with Crippen molar-refractivity contribution in [2.45, 2.75) is 13.0 Å². The predicted octanol–water partition coefficient (Wildman–Crippen LogP) is 2.80. The van der Waals surface area contributed by atoms with E-state index in [1.807, 2.05) is 35.7 Å². The molecule has 21 heavy (non-hydrogen) atoms. The van der Waals surface area contributed by atoms with Crippen LogP contribution in [0.15, 0.2) is 41.8 Å². The van der Waals surface area contributed by atoms with Crippen LogP contribution in [-0.4, -0.2) is 18.5 Å². The lowest BCUT2D eigenvalue weighted by atomic mass is 10.2. The quantitative estimate of drug-likeness (QED) is 0.832. The number of benzene rings is 1. The van der Waals surface area contributed by atoms with Crippen molar-refractivity contribution >= 4 is 34.8 Å². The van der Waals surface area contributed by atoms with Gasteiger partial charge in [0.15, 0.2) is 6.61 Å². The van der Waals surface area contributed by atoms with Gasteiger partial charge in [-0.3, -0.25) is 9.59 Å². The molecule has 0 fully saturated rings. The molecular formula is C15H14ClNO3S. The minimum absolute atomic E-state index is 0.190. The van der Waals surface area contributed by atoms with E-state index >= 15 is 0 Å². The minimum Gasteiger partial charge on any atom is -0.455 e. The molecular weight excluding hydrogens is 310 g/mol. The summed E-state index contributed by atoms with van der Waals surface area (Å²) in [6.07, 6.45) is 0.190. The molecule has 110 valence electrons. The summed E-state index contributed by atoms with van der Waals surface area (Å²) in [6.45, 7) is 0.0235.